The van der Waals surface area contributed by atoms with Crippen LogP contribution in [0.3, 0.4) is 0 Å². The van der Waals surface area contributed by atoms with Crippen LogP contribution in [-0.4, -0.2) is 22.2 Å². The van der Waals surface area contributed by atoms with E-state index in [9.17, 15) is 0 Å². The number of hydrogen-bond acceptors (Lipinski definition) is 3. The molecular formula is C14H19N3O. The maximum absolute atomic E-state index is 5.51. The van der Waals surface area contributed by atoms with Gasteiger partial charge in [0.05, 0.1) is 12.3 Å². The molecule has 0 aliphatic rings. The average molecular weight is 245 g/mol. The zero-order valence-electron chi connectivity index (χ0n) is 11.1. The van der Waals surface area contributed by atoms with Gasteiger partial charge in [-0.1, -0.05) is 6.07 Å². The molecule has 2 rings (SSSR count). The lowest BCUT2D eigenvalue weighted by Crippen LogP contribution is -2.13. The molecule has 0 saturated carbocycles. The van der Waals surface area contributed by atoms with Gasteiger partial charge in [0.2, 0.25) is 5.95 Å². The van der Waals surface area contributed by atoms with Crippen LogP contribution >= 0.6 is 0 Å². The van der Waals surface area contributed by atoms with Crippen molar-refractivity contribution in [2.45, 2.75) is 26.8 Å². The number of aromatic nitrogens is 2. The van der Waals surface area contributed by atoms with Gasteiger partial charge < -0.3 is 10.1 Å². The summed E-state index contributed by atoms with van der Waals surface area (Å²) in [5, 5.41) is 3.31. The van der Waals surface area contributed by atoms with Crippen LogP contribution in [-0.2, 0) is 0 Å². The standard InChI is InChI=1S/C14H19N3O/c1-4-18-13-7-5-6-12(10-13)17-9-8-15-14(17)16-11(2)3/h5-11H,4H2,1-3H3,(H,15,16). The minimum Gasteiger partial charge on any atom is -0.494 e. The fraction of sp³-hybridized carbons (Fsp3) is 0.357. The lowest BCUT2D eigenvalue weighted by molar-refractivity contribution is 0.340. The summed E-state index contributed by atoms with van der Waals surface area (Å²) < 4.78 is 7.53. The van der Waals surface area contributed by atoms with Gasteiger partial charge in [-0.3, -0.25) is 4.57 Å². The molecule has 1 aromatic carbocycles. The first-order valence-corrected chi connectivity index (χ1v) is 6.24. The van der Waals surface area contributed by atoms with E-state index in [2.05, 4.69) is 24.1 Å². The van der Waals surface area contributed by atoms with E-state index < -0.39 is 0 Å². The van der Waals surface area contributed by atoms with Gasteiger partial charge in [0.15, 0.2) is 0 Å². The maximum atomic E-state index is 5.51. The number of rotatable bonds is 5. The quantitative estimate of drug-likeness (QED) is 0.879. The van der Waals surface area contributed by atoms with Crippen molar-refractivity contribution in [1.82, 2.24) is 9.55 Å². The van der Waals surface area contributed by atoms with E-state index in [1.165, 1.54) is 0 Å². The van der Waals surface area contributed by atoms with Crippen LogP contribution in [0, 0.1) is 0 Å². The third-order valence-corrected chi connectivity index (χ3v) is 2.47. The number of anilines is 1. The molecule has 0 aliphatic heterocycles. The van der Waals surface area contributed by atoms with Crippen molar-refractivity contribution in [3.8, 4) is 11.4 Å². The van der Waals surface area contributed by atoms with Crippen molar-refractivity contribution in [3.05, 3.63) is 36.7 Å². The van der Waals surface area contributed by atoms with Crippen LogP contribution in [0.5, 0.6) is 5.75 Å². The summed E-state index contributed by atoms with van der Waals surface area (Å²) in [5.41, 5.74) is 1.04. The van der Waals surface area contributed by atoms with Crippen molar-refractivity contribution >= 4 is 5.95 Å². The summed E-state index contributed by atoms with van der Waals surface area (Å²) in [6.45, 7) is 6.84. The molecule has 1 aromatic heterocycles. The van der Waals surface area contributed by atoms with Crippen LogP contribution in [0.25, 0.3) is 5.69 Å². The summed E-state index contributed by atoms with van der Waals surface area (Å²) in [4.78, 5) is 4.32. The predicted octanol–water partition coefficient (Wildman–Crippen LogP) is 3.09. The van der Waals surface area contributed by atoms with E-state index in [0.717, 1.165) is 17.4 Å². The topological polar surface area (TPSA) is 39.1 Å². The molecular weight excluding hydrogens is 226 g/mol. The molecule has 18 heavy (non-hydrogen) atoms. The summed E-state index contributed by atoms with van der Waals surface area (Å²) in [5.74, 6) is 1.72. The highest BCUT2D eigenvalue weighted by Gasteiger charge is 2.06. The Hall–Kier alpha value is -1.97. The van der Waals surface area contributed by atoms with Gasteiger partial charge in [0, 0.05) is 24.5 Å². The van der Waals surface area contributed by atoms with Gasteiger partial charge in [-0.2, -0.15) is 0 Å². The van der Waals surface area contributed by atoms with E-state index >= 15 is 0 Å². The molecule has 0 aliphatic carbocycles. The molecule has 0 radical (unpaired) electrons. The van der Waals surface area contributed by atoms with Crippen molar-refractivity contribution in [3.63, 3.8) is 0 Å². The molecule has 0 atom stereocenters. The fourth-order valence-corrected chi connectivity index (χ4v) is 1.77. The summed E-state index contributed by atoms with van der Waals surface area (Å²) >= 11 is 0. The molecule has 4 heteroatoms. The van der Waals surface area contributed by atoms with Crippen LogP contribution in [0.4, 0.5) is 5.95 Å². The highest BCUT2D eigenvalue weighted by Crippen LogP contribution is 2.20. The fourth-order valence-electron chi connectivity index (χ4n) is 1.77. The predicted molar refractivity (Wildman–Crippen MR) is 73.5 cm³/mol. The SMILES string of the molecule is CCOc1cccc(-n2ccnc2NC(C)C)c1. The van der Waals surface area contributed by atoms with Crippen LogP contribution < -0.4 is 10.1 Å². The number of nitrogens with one attached hydrogen (secondary N) is 1. The number of imidazole rings is 1. The molecule has 0 amide bonds. The second-order valence-electron chi connectivity index (χ2n) is 4.35. The second kappa shape index (κ2) is 5.58. The number of ether oxygens (including phenoxy) is 1. The number of nitrogens with zero attached hydrogens (tertiary/aromatic N) is 2. The Morgan fingerprint density at radius 3 is 2.94 bits per heavy atom. The van der Waals surface area contributed by atoms with Gasteiger partial charge in [-0.25, -0.2) is 4.98 Å². The Morgan fingerprint density at radius 1 is 1.39 bits per heavy atom. The molecule has 0 spiro atoms. The third kappa shape index (κ3) is 2.83. The van der Waals surface area contributed by atoms with E-state index in [1.54, 1.807) is 6.20 Å². The van der Waals surface area contributed by atoms with E-state index in [1.807, 2.05) is 42.0 Å². The largest absolute Gasteiger partial charge is 0.494 e. The second-order valence-corrected chi connectivity index (χ2v) is 4.35. The van der Waals surface area contributed by atoms with Gasteiger partial charge in [-0.15, -0.1) is 0 Å². The highest BCUT2D eigenvalue weighted by molar-refractivity contribution is 5.45. The van der Waals surface area contributed by atoms with E-state index in [4.69, 9.17) is 4.74 Å². The molecule has 1 heterocycles. The summed E-state index contributed by atoms with van der Waals surface area (Å²) in [6, 6.07) is 8.34. The smallest absolute Gasteiger partial charge is 0.207 e. The van der Waals surface area contributed by atoms with Crippen LogP contribution in [0.1, 0.15) is 20.8 Å². The highest BCUT2D eigenvalue weighted by atomic mass is 16.5. The zero-order valence-corrected chi connectivity index (χ0v) is 11.1. The molecule has 0 unspecified atom stereocenters. The first kappa shape index (κ1) is 12.5. The third-order valence-electron chi connectivity index (χ3n) is 2.47. The monoisotopic (exact) mass is 245 g/mol. The number of benzene rings is 1. The normalized spacial score (nSPS) is 10.7. The van der Waals surface area contributed by atoms with Crippen molar-refractivity contribution in [2.24, 2.45) is 0 Å². The van der Waals surface area contributed by atoms with Crippen molar-refractivity contribution in [2.75, 3.05) is 11.9 Å². The first-order chi connectivity index (χ1) is 8.70. The Labute approximate surface area is 108 Å². The molecule has 1 N–H and O–H groups in total. The maximum Gasteiger partial charge on any atom is 0.207 e. The zero-order chi connectivity index (χ0) is 13.0. The van der Waals surface area contributed by atoms with Gasteiger partial charge in [-0.05, 0) is 32.9 Å². The summed E-state index contributed by atoms with van der Waals surface area (Å²) in [7, 11) is 0. The molecule has 0 fully saturated rings. The minimum atomic E-state index is 0.348. The van der Waals surface area contributed by atoms with Gasteiger partial charge in [0.25, 0.3) is 0 Å². The van der Waals surface area contributed by atoms with E-state index in [-0.39, 0.29) is 0 Å². The Kier molecular flexibility index (Phi) is 3.87. The molecule has 2 aromatic rings. The lowest BCUT2D eigenvalue weighted by atomic mass is 10.3. The van der Waals surface area contributed by atoms with Crippen molar-refractivity contribution < 1.29 is 4.74 Å². The van der Waals surface area contributed by atoms with Crippen LogP contribution in [0.15, 0.2) is 36.7 Å². The lowest BCUT2D eigenvalue weighted by Gasteiger charge is -2.13. The van der Waals surface area contributed by atoms with Gasteiger partial charge in [0.1, 0.15) is 5.75 Å². The molecule has 0 saturated heterocycles. The Morgan fingerprint density at radius 2 is 2.22 bits per heavy atom. The first-order valence-electron chi connectivity index (χ1n) is 6.24. The van der Waals surface area contributed by atoms with E-state index in [0.29, 0.717) is 12.6 Å². The Bertz CT molecular complexity index is 505. The van der Waals surface area contributed by atoms with Crippen LogP contribution in [0.2, 0.25) is 0 Å². The Balaban J connectivity index is 2.30. The average Bonchev–Trinajstić information content (AvgIpc) is 2.77. The summed E-state index contributed by atoms with van der Waals surface area (Å²) in [6.07, 6.45) is 3.73. The molecule has 96 valence electrons. The van der Waals surface area contributed by atoms with Crippen molar-refractivity contribution in [1.29, 1.82) is 0 Å². The molecule has 4 nitrogen and oxygen atoms in total. The number of hydrogen-bond donors (Lipinski definition) is 1. The minimum absolute atomic E-state index is 0.348. The molecule has 0 bridgehead atoms. The van der Waals surface area contributed by atoms with Gasteiger partial charge >= 0.3 is 0 Å².